The molecule has 110 valence electrons. The summed E-state index contributed by atoms with van der Waals surface area (Å²) in [5.41, 5.74) is 11.7. The molecule has 7 nitrogen and oxygen atoms in total. The minimum atomic E-state index is -3.21. The lowest BCUT2D eigenvalue weighted by molar-refractivity contribution is 0.0999. The summed E-state index contributed by atoms with van der Waals surface area (Å²) in [5, 5.41) is 0. The van der Waals surface area contributed by atoms with Crippen LogP contribution in [0.1, 0.15) is 16.8 Å². The molecule has 0 saturated carbocycles. The highest BCUT2D eigenvalue weighted by Crippen LogP contribution is 2.26. The number of anilines is 1. The first kappa shape index (κ1) is 14.6. The third kappa shape index (κ3) is 3.20. The summed E-state index contributed by atoms with van der Waals surface area (Å²) >= 11 is 0. The molecule has 1 saturated heterocycles. The summed E-state index contributed by atoms with van der Waals surface area (Å²) in [6, 6.07) is 4.53. The molecule has 1 aromatic rings. The Balaban J connectivity index is 2.12. The molecule has 1 aromatic carbocycles. The Bertz CT molecular complexity index is 630. The van der Waals surface area contributed by atoms with Gasteiger partial charge in [-0.05, 0) is 24.6 Å². The number of carbonyl (C=O) groups excluding carboxylic acids is 1. The fourth-order valence-corrected chi connectivity index (χ4v) is 2.94. The van der Waals surface area contributed by atoms with E-state index in [4.69, 9.17) is 16.2 Å². The number of hydrogen-bond donors (Lipinski definition) is 2. The number of rotatable bonds is 4. The van der Waals surface area contributed by atoms with Gasteiger partial charge < -0.3 is 16.2 Å². The second kappa shape index (κ2) is 5.29. The lowest BCUT2D eigenvalue weighted by Crippen LogP contribution is -2.30. The van der Waals surface area contributed by atoms with Crippen LogP contribution in [0.25, 0.3) is 0 Å². The fourth-order valence-electron chi connectivity index (χ4n) is 2.06. The highest BCUT2D eigenvalue weighted by Gasteiger charge is 2.30. The van der Waals surface area contributed by atoms with Crippen molar-refractivity contribution < 1.29 is 17.9 Å². The van der Waals surface area contributed by atoms with Crippen molar-refractivity contribution in [2.75, 3.05) is 25.1 Å². The first-order valence-corrected chi connectivity index (χ1v) is 7.93. The lowest BCUT2D eigenvalue weighted by atomic mass is 10.2. The van der Waals surface area contributed by atoms with Crippen LogP contribution in [0.3, 0.4) is 0 Å². The monoisotopic (exact) mass is 299 g/mol. The second-order valence-electron chi connectivity index (χ2n) is 4.77. The Kier molecular flexibility index (Phi) is 3.87. The fraction of sp³-hybridized carbons (Fsp3) is 0.417. The SMILES string of the molecule is CS(=O)(=O)N1CCC(Oc2cc(C(N)=O)ccc2N)C1. The minimum absolute atomic E-state index is 0.277. The number of ether oxygens (including phenoxy) is 1. The highest BCUT2D eigenvalue weighted by molar-refractivity contribution is 7.88. The summed E-state index contributed by atoms with van der Waals surface area (Å²) in [5.74, 6) is -0.222. The highest BCUT2D eigenvalue weighted by atomic mass is 32.2. The van der Waals surface area contributed by atoms with Crippen LogP contribution < -0.4 is 16.2 Å². The van der Waals surface area contributed by atoms with Crippen LogP contribution >= 0.6 is 0 Å². The van der Waals surface area contributed by atoms with Crippen molar-refractivity contribution in [2.24, 2.45) is 5.73 Å². The second-order valence-corrected chi connectivity index (χ2v) is 6.75. The standard InChI is InChI=1S/C12H17N3O4S/c1-20(17,18)15-5-4-9(7-15)19-11-6-8(12(14)16)2-3-10(11)13/h2-3,6,9H,4-5,7,13H2,1H3,(H2,14,16). The van der Waals surface area contributed by atoms with Gasteiger partial charge >= 0.3 is 0 Å². The van der Waals surface area contributed by atoms with E-state index in [0.29, 0.717) is 30.0 Å². The number of amides is 1. The molecule has 2 rings (SSSR count). The van der Waals surface area contributed by atoms with E-state index < -0.39 is 15.9 Å². The number of nitrogens with zero attached hydrogens (tertiary/aromatic N) is 1. The summed E-state index contributed by atoms with van der Waals surface area (Å²) in [6.07, 6.45) is 1.46. The Morgan fingerprint density at radius 3 is 2.70 bits per heavy atom. The van der Waals surface area contributed by atoms with Crippen molar-refractivity contribution in [1.82, 2.24) is 4.31 Å². The molecule has 0 radical (unpaired) electrons. The van der Waals surface area contributed by atoms with Gasteiger partial charge in [-0.15, -0.1) is 0 Å². The van der Waals surface area contributed by atoms with Crippen LogP contribution in [0.5, 0.6) is 5.75 Å². The summed E-state index contributed by atoms with van der Waals surface area (Å²) < 4.78 is 29.9. The zero-order valence-corrected chi connectivity index (χ0v) is 11.9. The Morgan fingerprint density at radius 1 is 1.45 bits per heavy atom. The van der Waals surface area contributed by atoms with Crippen molar-refractivity contribution in [2.45, 2.75) is 12.5 Å². The van der Waals surface area contributed by atoms with Gasteiger partial charge in [-0.3, -0.25) is 4.79 Å². The predicted molar refractivity (Wildman–Crippen MR) is 74.8 cm³/mol. The van der Waals surface area contributed by atoms with Crippen molar-refractivity contribution in [3.8, 4) is 5.75 Å². The molecule has 0 spiro atoms. The number of hydrogen-bond acceptors (Lipinski definition) is 5. The number of nitrogens with two attached hydrogens (primary N) is 2. The number of nitrogen functional groups attached to an aromatic ring is 1. The maximum atomic E-state index is 11.4. The zero-order chi connectivity index (χ0) is 14.9. The molecule has 20 heavy (non-hydrogen) atoms. The lowest BCUT2D eigenvalue weighted by Gasteiger charge is -2.16. The third-order valence-electron chi connectivity index (χ3n) is 3.17. The van der Waals surface area contributed by atoms with E-state index in [9.17, 15) is 13.2 Å². The van der Waals surface area contributed by atoms with Gasteiger partial charge in [-0.25, -0.2) is 8.42 Å². The van der Waals surface area contributed by atoms with Gasteiger partial charge in [0.25, 0.3) is 0 Å². The molecule has 0 aliphatic carbocycles. The van der Waals surface area contributed by atoms with E-state index in [1.807, 2.05) is 0 Å². The number of carbonyl (C=O) groups is 1. The van der Waals surface area contributed by atoms with Crippen LogP contribution in [-0.4, -0.2) is 44.1 Å². The van der Waals surface area contributed by atoms with Gasteiger partial charge in [0.05, 0.1) is 18.5 Å². The van der Waals surface area contributed by atoms with Crippen LogP contribution in [0.2, 0.25) is 0 Å². The topological polar surface area (TPSA) is 116 Å². The Morgan fingerprint density at radius 2 is 2.15 bits per heavy atom. The largest absolute Gasteiger partial charge is 0.487 e. The summed E-state index contributed by atoms with van der Waals surface area (Å²) in [6.45, 7) is 0.692. The number of benzene rings is 1. The number of primary amides is 1. The van der Waals surface area contributed by atoms with Crippen molar-refractivity contribution in [1.29, 1.82) is 0 Å². The normalized spacial score (nSPS) is 19.9. The predicted octanol–water partition coefficient (Wildman–Crippen LogP) is -0.220. The van der Waals surface area contributed by atoms with Crippen LogP contribution in [-0.2, 0) is 10.0 Å². The molecule has 4 N–H and O–H groups in total. The Hall–Kier alpha value is -1.80. The summed E-state index contributed by atoms with van der Waals surface area (Å²) in [4.78, 5) is 11.1. The minimum Gasteiger partial charge on any atom is -0.487 e. The maximum absolute atomic E-state index is 11.4. The average Bonchev–Trinajstić information content (AvgIpc) is 2.80. The van der Waals surface area contributed by atoms with Crippen LogP contribution in [0, 0.1) is 0 Å². The molecule has 1 unspecified atom stereocenters. The van der Waals surface area contributed by atoms with Crippen LogP contribution in [0.4, 0.5) is 5.69 Å². The van der Waals surface area contributed by atoms with Crippen molar-refractivity contribution in [3.63, 3.8) is 0 Å². The zero-order valence-electron chi connectivity index (χ0n) is 11.1. The number of sulfonamides is 1. The Labute approximate surface area is 117 Å². The molecule has 1 aliphatic heterocycles. The van der Waals surface area contributed by atoms with Crippen molar-refractivity contribution in [3.05, 3.63) is 23.8 Å². The first-order chi connectivity index (χ1) is 9.27. The van der Waals surface area contributed by atoms with E-state index in [1.165, 1.54) is 16.4 Å². The molecule has 1 aliphatic rings. The van der Waals surface area contributed by atoms with E-state index in [0.717, 1.165) is 6.26 Å². The molecule has 0 aromatic heterocycles. The van der Waals surface area contributed by atoms with E-state index in [1.54, 1.807) is 6.07 Å². The van der Waals surface area contributed by atoms with Crippen LogP contribution in [0.15, 0.2) is 18.2 Å². The molecular formula is C12H17N3O4S. The van der Waals surface area contributed by atoms with Gasteiger partial charge in [-0.1, -0.05) is 0 Å². The van der Waals surface area contributed by atoms with Gasteiger partial charge in [-0.2, -0.15) is 4.31 Å². The van der Waals surface area contributed by atoms with E-state index in [2.05, 4.69) is 0 Å². The first-order valence-electron chi connectivity index (χ1n) is 6.08. The third-order valence-corrected chi connectivity index (χ3v) is 4.44. The molecular weight excluding hydrogens is 282 g/mol. The molecule has 1 heterocycles. The van der Waals surface area contributed by atoms with Gasteiger partial charge in [0, 0.05) is 12.1 Å². The van der Waals surface area contributed by atoms with Crippen molar-refractivity contribution >= 4 is 21.6 Å². The molecule has 1 amide bonds. The van der Waals surface area contributed by atoms with Gasteiger partial charge in [0.2, 0.25) is 15.9 Å². The molecule has 1 fully saturated rings. The average molecular weight is 299 g/mol. The van der Waals surface area contributed by atoms with Gasteiger partial charge in [0.1, 0.15) is 11.9 Å². The van der Waals surface area contributed by atoms with E-state index >= 15 is 0 Å². The maximum Gasteiger partial charge on any atom is 0.248 e. The molecule has 1 atom stereocenters. The quantitative estimate of drug-likeness (QED) is 0.746. The molecule has 0 bridgehead atoms. The smallest absolute Gasteiger partial charge is 0.248 e. The summed E-state index contributed by atoms with van der Waals surface area (Å²) in [7, 11) is -3.21. The van der Waals surface area contributed by atoms with Gasteiger partial charge in [0.15, 0.2) is 0 Å². The van der Waals surface area contributed by atoms with E-state index in [-0.39, 0.29) is 12.6 Å². The molecule has 8 heteroatoms.